The van der Waals surface area contributed by atoms with Gasteiger partial charge in [-0.05, 0) is 50.6 Å². The van der Waals surface area contributed by atoms with E-state index >= 15 is 0 Å². The van der Waals surface area contributed by atoms with E-state index in [-0.39, 0.29) is 11.7 Å². The average molecular weight is 274 g/mol. The Hall–Kier alpha value is -2.30. The van der Waals surface area contributed by atoms with Crippen LogP contribution in [0.15, 0.2) is 24.3 Å². The Morgan fingerprint density at radius 2 is 2.05 bits per heavy atom. The highest BCUT2D eigenvalue weighted by Gasteiger charge is 2.18. The minimum Gasteiger partial charge on any atom is -0.497 e. The number of aromatic carboxylic acids is 1. The summed E-state index contributed by atoms with van der Waals surface area (Å²) < 4.78 is 6.70. The second-order valence-electron chi connectivity index (χ2n) is 4.94. The largest absolute Gasteiger partial charge is 0.497 e. The second kappa shape index (κ2) is 5.36. The molecule has 0 aliphatic heterocycles. The summed E-state index contributed by atoms with van der Waals surface area (Å²) in [6.07, 6.45) is 0. The van der Waals surface area contributed by atoms with Gasteiger partial charge in [0.25, 0.3) is 0 Å². The summed E-state index contributed by atoms with van der Waals surface area (Å²) in [5.74, 6) is -0.198. The predicted molar refractivity (Wildman–Crippen MR) is 76.3 cm³/mol. The van der Waals surface area contributed by atoms with Gasteiger partial charge in [0.15, 0.2) is 0 Å². The molecule has 0 atom stereocenters. The molecule has 0 aliphatic carbocycles. The van der Waals surface area contributed by atoms with Crippen LogP contribution < -0.4 is 4.74 Å². The molecule has 20 heavy (non-hydrogen) atoms. The topological polar surface area (TPSA) is 64.3 Å². The quantitative estimate of drug-likeness (QED) is 0.930. The normalized spacial score (nSPS) is 10.8. The van der Waals surface area contributed by atoms with Crippen molar-refractivity contribution in [3.63, 3.8) is 0 Å². The van der Waals surface area contributed by atoms with Gasteiger partial charge < -0.3 is 9.84 Å². The molecule has 0 spiro atoms. The summed E-state index contributed by atoms with van der Waals surface area (Å²) in [5, 5.41) is 13.7. The monoisotopic (exact) mass is 274 g/mol. The smallest absolute Gasteiger partial charge is 0.354 e. The van der Waals surface area contributed by atoms with E-state index in [2.05, 4.69) is 5.10 Å². The van der Waals surface area contributed by atoms with Crippen LogP contribution >= 0.6 is 0 Å². The third-order valence-corrected chi connectivity index (χ3v) is 3.15. The van der Waals surface area contributed by atoms with Gasteiger partial charge in [-0.1, -0.05) is 0 Å². The van der Waals surface area contributed by atoms with E-state index in [1.807, 2.05) is 39.0 Å². The zero-order chi connectivity index (χ0) is 14.9. The minimum atomic E-state index is -0.969. The fraction of sp³-hybridized carbons (Fsp3) is 0.333. The van der Waals surface area contributed by atoms with Crippen molar-refractivity contribution in [1.82, 2.24) is 9.78 Å². The molecular weight excluding hydrogens is 256 g/mol. The van der Waals surface area contributed by atoms with Gasteiger partial charge in [-0.15, -0.1) is 0 Å². The van der Waals surface area contributed by atoms with Gasteiger partial charge in [0.05, 0.1) is 12.8 Å². The van der Waals surface area contributed by atoms with Gasteiger partial charge in [0.2, 0.25) is 0 Å². The molecule has 2 rings (SSSR count). The molecule has 1 aromatic carbocycles. The SMILES string of the molecule is COc1ccc(-c2cc(C(=O)O)n(C(C)C)n2)c(C)c1. The van der Waals surface area contributed by atoms with Gasteiger partial charge in [-0.3, -0.25) is 4.68 Å². The first-order valence-electron chi connectivity index (χ1n) is 6.42. The number of aryl methyl sites for hydroxylation is 1. The Kier molecular flexibility index (Phi) is 3.79. The molecule has 0 bridgehead atoms. The molecule has 2 aromatic rings. The standard InChI is InChI=1S/C15H18N2O3/c1-9(2)17-14(15(18)19)8-13(16-17)12-6-5-11(20-4)7-10(12)3/h5-9H,1-4H3,(H,18,19). The molecular formula is C15H18N2O3. The molecule has 0 amide bonds. The third-order valence-electron chi connectivity index (χ3n) is 3.15. The number of carbonyl (C=O) groups is 1. The predicted octanol–water partition coefficient (Wildman–Crippen LogP) is 3.15. The summed E-state index contributed by atoms with van der Waals surface area (Å²) >= 11 is 0. The molecule has 0 unspecified atom stereocenters. The van der Waals surface area contributed by atoms with Crippen LogP contribution in [-0.4, -0.2) is 28.0 Å². The fourth-order valence-electron chi connectivity index (χ4n) is 2.13. The van der Waals surface area contributed by atoms with Crippen LogP contribution in [0.1, 0.15) is 35.9 Å². The van der Waals surface area contributed by atoms with Crippen molar-refractivity contribution in [3.8, 4) is 17.0 Å². The lowest BCUT2D eigenvalue weighted by Crippen LogP contribution is -2.11. The number of hydrogen-bond acceptors (Lipinski definition) is 3. The number of methoxy groups -OCH3 is 1. The van der Waals surface area contributed by atoms with Gasteiger partial charge in [0, 0.05) is 11.6 Å². The number of carboxylic acids is 1. The molecule has 5 nitrogen and oxygen atoms in total. The summed E-state index contributed by atoms with van der Waals surface area (Å²) in [7, 11) is 1.62. The summed E-state index contributed by atoms with van der Waals surface area (Å²) in [6, 6.07) is 7.25. The van der Waals surface area contributed by atoms with Crippen LogP contribution in [0, 0.1) is 6.92 Å². The van der Waals surface area contributed by atoms with Crippen molar-refractivity contribution in [2.24, 2.45) is 0 Å². The molecule has 1 heterocycles. The third kappa shape index (κ3) is 2.52. The zero-order valence-corrected chi connectivity index (χ0v) is 12.0. The van der Waals surface area contributed by atoms with Crippen LogP contribution in [0.3, 0.4) is 0 Å². The number of carboxylic acid groups (broad SMARTS) is 1. The molecule has 5 heteroatoms. The molecule has 1 N–H and O–H groups in total. The Morgan fingerprint density at radius 1 is 1.35 bits per heavy atom. The molecule has 0 aliphatic rings. The van der Waals surface area contributed by atoms with Crippen molar-refractivity contribution >= 4 is 5.97 Å². The van der Waals surface area contributed by atoms with Gasteiger partial charge in [-0.25, -0.2) is 4.79 Å². The lowest BCUT2D eigenvalue weighted by Gasteiger charge is -2.08. The van der Waals surface area contributed by atoms with Gasteiger partial charge in [-0.2, -0.15) is 5.10 Å². The first kappa shape index (κ1) is 14.1. The first-order chi connectivity index (χ1) is 9.43. The van der Waals surface area contributed by atoms with Gasteiger partial charge in [0.1, 0.15) is 11.4 Å². The van der Waals surface area contributed by atoms with E-state index in [0.29, 0.717) is 5.69 Å². The molecule has 1 aromatic heterocycles. The van der Waals surface area contributed by atoms with Crippen molar-refractivity contribution in [1.29, 1.82) is 0 Å². The zero-order valence-electron chi connectivity index (χ0n) is 12.0. The van der Waals surface area contributed by atoms with E-state index < -0.39 is 5.97 Å². The summed E-state index contributed by atoms with van der Waals surface area (Å²) in [5.41, 5.74) is 2.77. The average Bonchev–Trinajstić information content (AvgIpc) is 2.83. The number of rotatable bonds is 4. The van der Waals surface area contributed by atoms with E-state index in [1.165, 1.54) is 4.68 Å². The van der Waals surface area contributed by atoms with Gasteiger partial charge >= 0.3 is 5.97 Å². The van der Waals surface area contributed by atoms with Crippen molar-refractivity contribution in [2.45, 2.75) is 26.8 Å². The maximum absolute atomic E-state index is 11.3. The Bertz CT molecular complexity index is 645. The van der Waals surface area contributed by atoms with Crippen LogP contribution in [0.2, 0.25) is 0 Å². The number of benzene rings is 1. The highest BCUT2D eigenvalue weighted by Crippen LogP contribution is 2.27. The van der Waals surface area contributed by atoms with Crippen molar-refractivity contribution in [3.05, 3.63) is 35.5 Å². The van der Waals surface area contributed by atoms with E-state index in [4.69, 9.17) is 4.74 Å². The molecule has 0 fully saturated rings. The maximum Gasteiger partial charge on any atom is 0.354 e. The minimum absolute atomic E-state index is 0.00611. The van der Waals surface area contributed by atoms with Crippen LogP contribution in [0.5, 0.6) is 5.75 Å². The second-order valence-corrected chi connectivity index (χ2v) is 4.94. The Balaban J connectivity index is 2.53. The molecule has 106 valence electrons. The van der Waals surface area contributed by atoms with Crippen LogP contribution in [0.4, 0.5) is 0 Å². The lowest BCUT2D eigenvalue weighted by atomic mass is 10.1. The van der Waals surface area contributed by atoms with Crippen LogP contribution in [0.25, 0.3) is 11.3 Å². The Labute approximate surface area is 117 Å². The molecule has 0 radical (unpaired) electrons. The Morgan fingerprint density at radius 3 is 2.50 bits per heavy atom. The number of nitrogens with zero attached hydrogens (tertiary/aromatic N) is 2. The summed E-state index contributed by atoms with van der Waals surface area (Å²) in [4.78, 5) is 11.3. The lowest BCUT2D eigenvalue weighted by molar-refractivity contribution is 0.0681. The molecule has 0 saturated carbocycles. The van der Waals surface area contributed by atoms with Crippen molar-refractivity contribution in [2.75, 3.05) is 7.11 Å². The first-order valence-corrected chi connectivity index (χ1v) is 6.42. The highest BCUT2D eigenvalue weighted by atomic mass is 16.5. The van der Waals surface area contributed by atoms with E-state index in [1.54, 1.807) is 13.2 Å². The number of hydrogen-bond donors (Lipinski definition) is 1. The fourth-order valence-corrected chi connectivity index (χ4v) is 2.13. The van der Waals surface area contributed by atoms with Crippen LogP contribution in [-0.2, 0) is 0 Å². The number of aromatic nitrogens is 2. The highest BCUT2D eigenvalue weighted by molar-refractivity contribution is 5.87. The molecule has 0 saturated heterocycles. The maximum atomic E-state index is 11.3. The summed E-state index contributed by atoms with van der Waals surface area (Å²) in [6.45, 7) is 5.76. The van der Waals surface area contributed by atoms with Crippen molar-refractivity contribution < 1.29 is 14.6 Å². The van der Waals surface area contributed by atoms with E-state index in [0.717, 1.165) is 16.9 Å². The van der Waals surface area contributed by atoms with E-state index in [9.17, 15) is 9.90 Å². The number of ether oxygens (including phenoxy) is 1.